The van der Waals surface area contributed by atoms with Gasteiger partial charge in [-0.05, 0) is 37.1 Å². The van der Waals surface area contributed by atoms with Gasteiger partial charge >= 0.3 is 0 Å². The van der Waals surface area contributed by atoms with Crippen LogP contribution in [-0.2, 0) is 0 Å². The highest BCUT2D eigenvalue weighted by molar-refractivity contribution is 7.98. The number of anilines is 1. The summed E-state index contributed by atoms with van der Waals surface area (Å²) in [6.07, 6.45) is 9.26. The lowest BCUT2D eigenvalue weighted by atomic mass is 9.89. The molecule has 0 aliphatic heterocycles. The molecule has 1 nitrogen and oxygen atoms in total. The minimum Gasteiger partial charge on any atom is -0.384 e. The van der Waals surface area contributed by atoms with Crippen molar-refractivity contribution in [2.75, 3.05) is 18.1 Å². The van der Waals surface area contributed by atoms with Gasteiger partial charge in [0.25, 0.3) is 0 Å². The van der Waals surface area contributed by atoms with Crippen LogP contribution >= 0.6 is 11.8 Å². The molecule has 0 heterocycles. The lowest BCUT2D eigenvalue weighted by Crippen LogP contribution is -2.17. The van der Waals surface area contributed by atoms with Crippen LogP contribution in [0, 0.1) is 5.92 Å². The molecule has 1 fully saturated rings. The van der Waals surface area contributed by atoms with Gasteiger partial charge in [-0.1, -0.05) is 31.4 Å². The van der Waals surface area contributed by atoms with E-state index in [0.29, 0.717) is 0 Å². The number of nitrogens with one attached hydrogen (secondary N) is 1. The van der Waals surface area contributed by atoms with Gasteiger partial charge in [-0.3, -0.25) is 0 Å². The zero-order chi connectivity index (χ0) is 11.2. The fourth-order valence-electron chi connectivity index (χ4n) is 2.44. The first-order chi connectivity index (χ1) is 7.90. The predicted octanol–water partition coefficient (Wildman–Crippen LogP) is 4.40. The maximum absolute atomic E-state index is 3.61. The van der Waals surface area contributed by atoms with E-state index >= 15 is 0 Å². The molecule has 0 radical (unpaired) electrons. The van der Waals surface area contributed by atoms with Crippen molar-refractivity contribution >= 4 is 17.4 Å². The predicted molar refractivity (Wildman–Crippen MR) is 73.3 cm³/mol. The van der Waals surface area contributed by atoms with E-state index in [2.05, 4.69) is 35.8 Å². The summed E-state index contributed by atoms with van der Waals surface area (Å²) in [5, 5.41) is 3.61. The summed E-state index contributed by atoms with van der Waals surface area (Å²) in [5.41, 5.74) is 1.31. The van der Waals surface area contributed by atoms with Gasteiger partial charge in [-0.15, -0.1) is 11.8 Å². The van der Waals surface area contributed by atoms with Gasteiger partial charge in [0.05, 0.1) is 0 Å². The molecule has 0 amide bonds. The van der Waals surface area contributed by atoms with Crippen molar-refractivity contribution in [3.05, 3.63) is 24.3 Å². The van der Waals surface area contributed by atoms with Gasteiger partial charge in [0.2, 0.25) is 0 Å². The van der Waals surface area contributed by atoms with Crippen LogP contribution in [0.3, 0.4) is 0 Å². The van der Waals surface area contributed by atoms with Crippen LogP contribution < -0.4 is 5.32 Å². The summed E-state index contributed by atoms with van der Waals surface area (Å²) in [4.78, 5) is 1.36. The maximum Gasteiger partial charge on any atom is 0.0478 e. The number of hydrogen-bond acceptors (Lipinski definition) is 2. The summed E-state index contributed by atoms with van der Waals surface area (Å²) in [5.74, 6) is 0.892. The van der Waals surface area contributed by atoms with E-state index in [9.17, 15) is 0 Å². The van der Waals surface area contributed by atoms with Crippen molar-refractivity contribution in [2.24, 2.45) is 5.92 Å². The average molecular weight is 235 g/mol. The quantitative estimate of drug-likeness (QED) is 0.776. The monoisotopic (exact) mass is 235 g/mol. The molecule has 0 aromatic heterocycles. The molecular weight excluding hydrogens is 214 g/mol. The number of thioether (sulfide) groups is 1. The van der Waals surface area contributed by atoms with Gasteiger partial charge in [-0.25, -0.2) is 0 Å². The Morgan fingerprint density at radius 3 is 2.69 bits per heavy atom. The molecule has 0 atom stereocenters. The second kappa shape index (κ2) is 6.19. The van der Waals surface area contributed by atoms with E-state index in [1.807, 2.05) is 11.8 Å². The van der Waals surface area contributed by atoms with Crippen molar-refractivity contribution in [3.63, 3.8) is 0 Å². The Kier molecular flexibility index (Phi) is 4.58. The Hall–Kier alpha value is -0.630. The molecular formula is C14H21NS. The maximum atomic E-state index is 3.61. The van der Waals surface area contributed by atoms with Crippen LogP contribution in [0.5, 0.6) is 0 Å². The molecule has 0 unspecified atom stereocenters. The van der Waals surface area contributed by atoms with Gasteiger partial charge < -0.3 is 5.32 Å². The normalized spacial score (nSPS) is 17.3. The fourth-order valence-corrected chi connectivity index (χ4v) is 3.01. The average Bonchev–Trinajstić information content (AvgIpc) is 2.38. The Bertz CT molecular complexity index is 318. The zero-order valence-corrected chi connectivity index (χ0v) is 10.9. The third-order valence-corrected chi connectivity index (χ3v) is 4.21. The van der Waals surface area contributed by atoms with Crippen molar-refractivity contribution in [1.82, 2.24) is 0 Å². The topological polar surface area (TPSA) is 12.0 Å². The lowest BCUT2D eigenvalue weighted by Gasteiger charge is -2.22. The van der Waals surface area contributed by atoms with Crippen molar-refractivity contribution in [2.45, 2.75) is 37.0 Å². The minimum absolute atomic E-state index is 0.892. The van der Waals surface area contributed by atoms with Crippen LogP contribution in [0.4, 0.5) is 5.69 Å². The third kappa shape index (κ3) is 3.18. The summed E-state index contributed by atoms with van der Waals surface area (Å²) < 4.78 is 0. The molecule has 1 aromatic rings. The molecule has 1 aromatic carbocycles. The van der Waals surface area contributed by atoms with E-state index in [1.54, 1.807) is 0 Å². The first-order valence-corrected chi connectivity index (χ1v) is 7.49. The lowest BCUT2D eigenvalue weighted by molar-refractivity contribution is 0.373. The summed E-state index contributed by atoms with van der Waals surface area (Å²) in [6, 6.07) is 8.60. The summed E-state index contributed by atoms with van der Waals surface area (Å²) >= 11 is 1.82. The smallest absolute Gasteiger partial charge is 0.0478 e. The van der Waals surface area contributed by atoms with E-state index in [1.165, 1.54) is 42.7 Å². The standard InChI is InChI=1S/C14H21NS/c1-16-14-10-6-5-9-13(14)15-11-12-7-3-2-4-8-12/h5-6,9-10,12,15H,2-4,7-8,11H2,1H3. The zero-order valence-electron chi connectivity index (χ0n) is 10.0. The van der Waals surface area contributed by atoms with Crippen molar-refractivity contribution < 1.29 is 0 Å². The molecule has 2 rings (SSSR count). The van der Waals surface area contributed by atoms with E-state index < -0.39 is 0 Å². The Balaban J connectivity index is 1.88. The number of para-hydroxylation sites is 1. The van der Waals surface area contributed by atoms with Gasteiger partial charge in [0, 0.05) is 17.1 Å². The minimum atomic E-state index is 0.892. The van der Waals surface area contributed by atoms with E-state index in [0.717, 1.165) is 12.5 Å². The molecule has 16 heavy (non-hydrogen) atoms. The van der Waals surface area contributed by atoms with Crippen LogP contribution in [0.2, 0.25) is 0 Å². The van der Waals surface area contributed by atoms with Crippen molar-refractivity contribution in [3.8, 4) is 0 Å². The molecule has 1 aliphatic carbocycles. The Morgan fingerprint density at radius 2 is 1.94 bits per heavy atom. The molecule has 1 aliphatic rings. The van der Waals surface area contributed by atoms with Gasteiger partial charge in [0.1, 0.15) is 0 Å². The van der Waals surface area contributed by atoms with E-state index in [-0.39, 0.29) is 0 Å². The molecule has 0 bridgehead atoms. The van der Waals surface area contributed by atoms with E-state index in [4.69, 9.17) is 0 Å². The van der Waals surface area contributed by atoms with Crippen LogP contribution in [0.1, 0.15) is 32.1 Å². The molecule has 1 N–H and O–H groups in total. The fraction of sp³-hybridized carbons (Fsp3) is 0.571. The molecule has 88 valence electrons. The van der Waals surface area contributed by atoms with Gasteiger partial charge in [0.15, 0.2) is 0 Å². The summed E-state index contributed by atoms with van der Waals surface area (Å²) in [7, 11) is 0. The molecule has 1 saturated carbocycles. The molecule has 2 heteroatoms. The van der Waals surface area contributed by atoms with Crippen LogP contribution in [-0.4, -0.2) is 12.8 Å². The second-order valence-corrected chi connectivity index (χ2v) is 5.43. The van der Waals surface area contributed by atoms with Crippen molar-refractivity contribution in [1.29, 1.82) is 0 Å². The highest BCUT2D eigenvalue weighted by atomic mass is 32.2. The first kappa shape index (κ1) is 11.8. The third-order valence-electron chi connectivity index (χ3n) is 3.41. The van der Waals surface area contributed by atoms with Gasteiger partial charge in [-0.2, -0.15) is 0 Å². The Labute approximate surface area is 103 Å². The van der Waals surface area contributed by atoms with Crippen LogP contribution in [0.15, 0.2) is 29.2 Å². The second-order valence-electron chi connectivity index (χ2n) is 4.59. The SMILES string of the molecule is CSc1ccccc1NCC1CCCCC1. The summed E-state index contributed by atoms with van der Waals surface area (Å²) in [6.45, 7) is 1.15. The highest BCUT2D eigenvalue weighted by Gasteiger charge is 2.13. The molecule has 0 spiro atoms. The number of hydrogen-bond donors (Lipinski definition) is 1. The highest BCUT2D eigenvalue weighted by Crippen LogP contribution is 2.27. The number of rotatable bonds is 4. The largest absolute Gasteiger partial charge is 0.384 e. The first-order valence-electron chi connectivity index (χ1n) is 6.27. The number of benzene rings is 1. The van der Waals surface area contributed by atoms with Crippen LogP contribution in [0.25, 0.3) is 0 Å². The Morgan fingerprint density at radius 1 is 1.19 bits per heavy atom. The molecule has 0 saturated heterocycles.